The van der Waals surface area contributed by atoms with Gasteiger partial charge < -0.3 is 47.5 Å². The molecule has 0 rings (SSSR count). The van der Waals surface area contributed by atoms with Crippen molar-refractivity contribution in [3.8, 4) is 0 Å². The Labute approximate surface area is 213 Å². The van der Waals surface area contributed by atoms with Gasteiger partial charge in [0.15, 0.2) is 0 Å². The molecule has 0 unspecified atom stereocenters. The summed E-state index contributed by atoms with van der Waals surface area (Å²) in [6.45, 7) is 6.97. The first-order valence-electron chi connectivity index (χ1n) is 3.15. The summed E-state index contributed by atoms with van der Waals surface area (Å²) in [5, 5.41) is 0. The minimum absolute atomic E-state index is 0. The van der Waals surface area contributed by atoms with Crippen LogP contribution in [0.4, 0.5) is 0 Å². The van der Waals surface area contributed by atoms with E-state index in [2.05, 4.69) is 0 Å². The predicted octanol–water partition coefficient (Wildman–Crippen LogP) is -0.0822. The standard InChI is InChI=1S/2C3H10N2.4H3N.4Y/c2*1-3(2,4)5;;;;;;;;/h2*4-5H2,1-2H3;4*1H3;;;;. The van der Waals surface area contributed by atoms with E-state index in [0.29, 0.717) is 0 Å². The minimum atomic E-state index is -0.500. The average Bonchev–Trinajstić information content (AvgIpc) is 1.12. The van der Waals surface area contributed by atoms with Gasteiger partial charge in [-0.2, -0.15) is 0 Å². The van der Waals surface area contributed by atoms with Gasteiger partial charge in [0.1, 0.15) is 0 Å². The summed E-state index contributed by atoms with van der Waals surface area (Å²) in [6.07, 6.45) is 0. The molecule has 0 aliphatic heterocycles. The van der Waals surface area contributed by atoms with Crippen LogP contribution in [0.5, 0.6) is 0 Å². The maximum Gasteiger partial charge on any atom is 0.0578 e. The summed E-state index contributed by atoms with van der Waals surface area (Å²) in [5.74, 6) is 0. The van der Waals surface area contributed by atoms with Crippen LogP contribution in [0.2, 0.25) is 0 Å². The fraction of sp³-hybridized carbons (Fsp3) is 1.00. The van der Waals surface area contributed by atoms with Gasteiger partial charge in [0.25, 0.3) is 0 Å². The van der Waals surface area contributed by atoms with E-state index in [1.165, 1.54) is 0 Å². The van der Waals surface area contributed by atoms with Crippen molar-refractivity contribution < 1.29 is 131 Å². The number of hydrogen-bond donors (Lipinski definition) is 8. The van der Waals surface area contributed by atoms with E-state index in [4.69, 9.17) is 22.9 Å². The van der Waals surface area contributed by atoms with Crippen LogP contribution in [-0.4, -0.2) is 11.3 Å². The summed E-state index contributed by atoms with van der Waals surface area (Å²) in [6, 6.07) is 0. The van der Waals surface area contributed by atoms with Crippen LogP contribution in [0.25, 0.3) is 0 Å². The van der Waals surface area contributed by atoms with Crippen LogP contribution in [0.1, 0.15) is 27.7 Å². The summed E-state index contributed by atoms with van der Waals surface area (Å²) in [7, 11) is 0. The first-order chi connectivity index (χ1) is 4.00. The van der Waals surface area contributed by atoms with Gasteiger partial charge in [0.2, 0.25) is 0 Å². The molecular weight excluding hydrogens is 540 g/mol. The first-order valence-corrected chi connectivity index (χ1v) is 3.15. The van der Waals surface area contributed by atoms with E-state index in [0.717, 1.165) is 0 Å². The molecule has 0 aromatic rings. The number of nitrogens with two attached hydrogens (primary N) is 4. The second kappa shape index (κ2) is 32.9. The Morgan fingerprint density at radius 3 is 0.444 bits per heavy atom. The molecule has 0 atom stereocenters. The van der Waals surface area contributed by atoms with Crippen LogP contribution in [-0.2, 0) is 131 Å². The Kier molecular flexibility index (Phi) is 123. The zero-order valence-electron chi connectivity index (χ0n) is 12.4. The normalized spacial score (nSPS) is 6.67. The minimum Gasteiger partial charge on any atom is -0.344 e. The molecule has 0 saturated heterocycles. The van der Waals surface area contributed by atoms with Crippen LogP contribution < -0.4 is 47.5 Å². The van der Waals surface area contributed by atoms with E-state index < -0.39 is 11.3 Å². The Bertz CT molecular complexity index is 70.6. The van der Waals surface area contributed by atoms with Crippen LogP contribution in [0.3, 0.4) is 0 Å². The molecule has 0 aromatic carbocycles. The van der Waals surface area contributed by atoms with Gasteiger partial charge in [0.05, 0.1) is 11.3 Å². The maximum atomic E-state index is 5.13. The largest absolute Gasteiger partial charge is 0.344 e. The van der Waals surface area contributed by atoms with Crippen LogP contribution in [0, 0.1) is 0 Å². The van der Waals surface area contributed by atoms with Crippen LogP contribution >= 0.6 is 0 Å². The molecule has 8 nitrogen and oxygen atoms in total. The van der Waals surface area contributed by atoms with Crippen molar-refractivity contribution in [3.63, 3.8) is 0 Å². The molecule has 0 fully saturated rings. The van der Waals surface area contributed by atoms with Gasteiger partial charge in [-0.25, -0.2) is 0 Å². The molecule has 12 heteroatoms. The Hall–Kier alpha value is 4.10. The molecular formula is C6H32N8Y4. The third-order valence-electron chi connectivity index (χ3n) is 0. The summed E-state index contributed by atoms with van der Waals surface area (Å²) < 4.78 is 0. The molecule has 0 amide bonds. The van der Waals surface area contributed by atoms with Crippen molar-refractivity contribution in [2.75, 3.05) is 0 Å². The van der Waals surface area contributed by atoms with Gasteiger partial charge in [-0.3, -0.25) is 0 Å². The van der Waals surface area contributed by atoms with Gasteiger partial charge >= 0.3 is 0 Å². The maximum absolute atomic E-state index is 5.13. The molecule has 0 heterocycles. The van der Waals surface area contributed by atoms with Crippen molar-refractivity contribution in [2.45, 2.75) is 39.0 Å². The molecule has 0 aliphatic rings. The first kappa shape index (κ1) is 67.2. The molecule has 4 radical (unpaired) electrons. The Balaban J connectivity index is -0.00000000615. The van der Waals surface area contributed by atoms with E-state index in [9.17, 15) is 0 Å². The fourth-order valence-electron chi connectivity index (χ4n) is 0. The zero-order valence-corrected chi connectivity index (χ0v) is 23.8. The van der Waals surface area contributed by atoms with Crippen LogP contribution in [0.15, 0.2) is 0 Å². The average molecular weight is 572 g/mol. The van der Waals surface area contributed by atoms with Gasteiger partial charge in [-0.15, -0.1) is 0 Å². The third-order valence-corrected chi connectivity index (χ3v) is 0. The van der Waals surface area contributed by atoms with Gasteiger partial charge in [0, 0.05) is 131 Å². The van der Waals surface area contributed by atoms with Crippen molar-refractivity contribution in [3.05, 3.63) is 0 Å². The molecule has 0 saturated carbocycles. The molecule has 18 heavy (non-hydrogen) atoms. The summed E-state index contributed by atoms with van der Waals surface area (Å²) in [4.78, 5) is 0. The molecule has 0 spiro atoms. The fourth-order valence-corrected chi connectivity index (χ4v) is 0. The smallest absolute Gasteiger partial charge is 0.0578 e. The quantitative estimate of drug-likeness (QED) is 0.182. The van der Waals surface area contributed by atoms with Gasteiger partial charge in [-0.05, 0) is 27.7 Å². The molecule has 0 aliphatic carbocycles. The molecule has 0 aromatic heterocycles. The van der Waals surface area contributed by atoms with Gasteiger partial charge in [-0.1, -0.05) is 0 Å². The molecule has 0 bridgehead atoms. The molecule has 108 valence electrons. The number of rotatable bonds is 0. The SMILES string of the molecule is CC(C)(N)N.CC(C)(N)N.N.N.N.N.[Y].[Y].[Y].[Y]. The predicted molar refractivity (Wildman–Crippen MR) is 65.0 cm³/mol. The second-order valence-electron chi connectivity index (χ2n) is 3.64. The third kappa shape index (κ3) is 437. The zero-order chi connectivity index (χ0) is 9.00. The van der Waals surface area contributed by atoms with E-state index >= 15 is 0 Å². The molecule has 20 N–H and O–H groups in total. The summed E-state index contributed by atoms with van der Waals surface area (Å²) in [5.41, 5.74) is 19.5. The Morgan fingerprint density at radius 2 is 0.444 bits per heavy atom. The van der Waals surface area contributed by atoms with E-state index in [-0.39, 0.29) is 155 Å². The topological polar surface area (TPSA) is 244 Å². The number of hydrogen-bond acceptors (Lipinski definition) is 8. The van der Waals surface area contributed by atoms with Crippen molar-refractivity contribution in [1.29, 1.82) is 0 Å². The van der Waals surface area contributed by atoms with Crippen molar-refractivity contribution in [1.82, 2.24) is 24.6 Å². The van der Waals surface area contributed by atoms with Crippen molar-refractivity contribution >= 4 is 0 Å². The van der Waals surface area contributed by atoms with Crippen molar-refractivity contribution in [2.24, 2.45) is 22.9 Å². The van der Waals surface area contributed by atoms with E-state index in [1.54, 1.807) is 27.7 Å². The van der Waals surface area contributed by atoms with E-state index in [1.807, 2.05) is 0 Å². The Morgan fingerprint density at radius 1 is 0.444 bits per heavy atom. The second-order valence-corrected chi connectivity index (χ2v) is 3.64. The summed E-state index contributed by atoms with van der Waals surface area (Å²) >= 11 is 0. The monoisotopic (exact) mass is 572 g/mol.